The zero-order valence-corrected chi connectivity index (χ0v) is 14.1. The molecule has 0 radical (unpaired) electrons. The van der Waals surface area contributed by atoms with E-state index in [1.54, 1.807) is 23.3 Å². The number of thiophene rings is 1. The van der Waals surface area contributed by atoms with Gasteiger partial charge in [0.25, 0.3) is 0 Å². The number of nitrogens with zero attached hydrogens (tertiary/aromatic N) is 1. The zero-order chi connectivity index (χ0) is 15.3. The molecule has 1 unspecified atom stereocenters. The summed E-state index contributed by atoms with van der Waals surface area (Å²) >= 11 is 1.72. The molecule has 0 aliphatic heterocycles. The summed E-state index contributed by atoms with van der Waals surface area (Å²) in [5, 5.41) is 3.01. The normalized spacial score (nSPS) is 13.1. The van der Waals surface area contributed by atoms with Gasteiger partial charge in [0.1, 0.15) is 0 Å². The van der Waals surface area contributed by atoms with Gasteiger partial charge in [-0.1, -0.05) is 0 Å². The van der Waals surface area contributed by atoms with E-state index in [1.165, 1.54) is 9.75 Å². The molecule has 1 rings (SSSR count). The number of carbonyl (C=O) groups is 1. The Kier molecular flexibility index (Phi) is 6.02. The molecule has 1 aromatic rings. The zero-order valence-electron chi connectivity index (χ0n) is 13.3. The minimum Gasteiger partial charge on any atom is -0.379 e. The van der Waals surface area contributed by atoms with Crippen molar-refractivity contribution in [3.8, 4) is 0 Å². The first-order chi connectivity index (χ1) is 9.23. The molecule has 1 N–H and O–H groups in total. The maximum absolute atomic E-state index is 12.1. The number of amides is 2. The fourth-order valence-electron chi connectivity index (χ4n) is 2.07. The van der Waals surface area contributed by atoms with E-state index in [-0.39, 0.29) is 17.7 Å². The highest BCUT2D eigenvalue weighted by molar-refractivity contribution is 7.11. The lowest BCUT2D eigenvalue weighted by molar-refractivity contribution is 0.00919. The number of rotatable bonds is 6. The highest BCUT2D eigenvalue weighted by Gasteiger charge is 2.22. The standard InChI is InChI=1S/C15H26N2O2S/c1-11(9-15(3,4)19-6)16-14(18)17(5)10-13-8-7-12(2)20-13/h7-8,11H,9-10H2,1-6H3,(H,16,18). The van der Waals surface area contributed by atoms with Crippen LogP contribution < -0.4 is 5.32 Å². The number of hydrogen-bond acceptors (Lipinski definition) is 3. The second kappa shape index (κ2) is 7.09. The molecule has 0 bridgehead atoms. The van der Waals surface area contributed by atoms with Gasteiger partial charge in [0.15, 0.2) is 0 Å². The number of aryl methyl sites for hydroxylation is 1. The Labute approximate surface area is 126 Å². The lowest BCUT2D eigenvalue weighted by Crippen LogP contribution is -2.44. The first-order valence-corrected chi connectivity index (χ1v) is 7.67. The molecule has 1 aromatic heterocycles. The third-order valence-corrected chi connectivity index (χ3v) is 4.24. The van der Waals surface area contributed by atoms with Gasteiger partial charge in [0.2, 0.25) is 0 Å². The van der Waals surface area contributed by atoms with Gasteiger partial charge in [-0.2, -0.15) is 0 Å². The fraction of sp³-hybridized carbons (Fsp3) is 0.667. The van der Waals surface area contributed by atoms with Gasteiger partial charge in [-0.3, -0.25) is 0 Å². The van der Waals surface area contributed by atoms with Gasteiger partial charge in [-0.05, 0) is 46.2 Å². The van der Waals surface area contributed by atoms with Crippen molar-refractivity contribution in [2.45, 2.75) is 52.3 Å². The van der Waals surface area contributed by atoms with Crippen LogP contribution in [0.5, 0.6) is 0 Å². The first kappa shape index (κ1) is 17.0. The number of urea groups is 1. The molecule has 0 aliphatic carbocycles. The Morgan fingerprint density at radius 3 is 2.65 bits per heavy atom. The third-order valence-electron chi connectivity index (χ3n) is 3.26. The minimum atomic E-state index is -0.226. The predicted octanol–water partition coefficient (Wildman–Crippen LogP) is 3.40. The van der Waals surface area contributed by atoms with Crippen molar-refractivity contribution >= 4 is 17.4 Å². The number of nitrogens with one attached hydrogen (secondary N) is 1. The summed E-state index contributed by atoms with van der Waals surface area (Å²) in [6.07, 6.45) is 0.779. The number of ether oxygens (including phenoxy) is 1. The lowest BCUT2D eigenvalue weighted by atomic mass is 10.00. The van der Waals surface area contributed by atoms with Gasteiger partial charge < -0.3 is 15.0 Å². The van der Waals surface area contributed by atoms with E-state index in [2.05, 4.69) is 24.4 Å². The summed E-state index contributed by atoms with van der Waals surface area (Å²) < 4.78 is 5.39. The topological polar surface area (TPSA) is 41.6 Å². The maximum atomic E-state index is 12.1. The molecular weight excluding hydrogens is 272 g/mol. The summed E-state index contributed by atoms with van der Waals surface area (Å²) in [5.41, 5.74) is -0.226. The van der Waals surface area contributed by atoms with Crippen LogP contribution in [-0.2, 0) is 11.3 Å². The quantitative estimate of drug-likeness (QED) is 0.874. The van der Waals surface area contributed by atoms with Gasteiger partial charge in [-0.15, -0.1) is 11.3 Å². The Morgan fingerprint density at radius 1 is 1.50 bits per heavy atom. The van der Waals surface area contributed by atoms with Crippen LogP contribution in [0, 0.1) is 6.92 Å². The van der Waals surface area contributed by atoms with Crippen LogP contribution in [0.4, 0.5) is 4.79 Å². The van der Waals surface area contributed by atoms with Crippen molar-refractivity contribution in [3.63, 3.8) is 0 Å². The molecule has 0 aliphatic rings. The molecule has 5 heteroatoms. The van der Waals surface area contributed by atoms with Crippen LogP contribution in [0.25, 0.3) is 0 Å². The predicted molar refractivity (Wildman–Crippen MR) is 84.2 cm³/mol. The van der Waals surface area contributed by atoms with Crippen LogP contribution in [-0.4, -0.2) is 36.7 Å². The average molecular weight is 298 g/mol. The molecule has 4 nitrogen and oxygen atoms in total. The molecule has 1 atom stereocenters. The Bertz CT molecular complexity index is 443. The smallest absolute Gasteiger partial charge is 0.317 e. The molecule has 0 aromatic carbocycles. The second-order valence-corrected chi connectivity index (χ2v) is 7.26. The minimum absolute atomic E-state index is 0.0459. The van der Waals surface area contributed by atoms with Crippen molar-refractivity contribution in [2.24, 2.45) is 0 Å². The van der Waals surface area contributed by atoms with Gasteiger partial charge in [0.05, 0.1) is 12.1 Å². The van der Waals surface area contributed by atoms with Crippen molar-refractivity contribution in [1.82, 2.24) is 10.2 Å². The third kappa shape index (κ3) is 5.51. The summed E-state index contributed by atoms with van der Waals surface area (Å²) in [6.45, 7) is 8.76. The number of methoxy groups -OCH3 is 1. The SMILES string of the molecule is COC(C)(C)CC(C)NC(=O)N(C)Cc1ccc(C)s1. The van der Waals surface area contributed by atoms with Gasteiger partial charge in [0, 0.05) is 30.0 Å². The van der Waals surface area contributed by atoms with Crippen LogP contribution in [0.1, 0.15) is 36.9 Å². The average Bonchev–Trinajstić information content (AvgIpc) is 2.73. The van der Waals surface area contributed by atoms with Gasteiger partial charge >= 0.3 is 6.03 Å². The lowest BCUT2D eigenvalue weighted by Gasteiger charge is -2.28. The van der Waals surface area contributed by atoms with E-state index in [0.29, 0.717) is 6.54 Å². The number of carbonyl (C=O) groups excluding carboxylic acids is 1. The van der Waals surface area contributed by atoms with Crippen LogP contribution in [0.15, 0.2) is 12.1 Å². The monoisotopic (exact) mass is 298 g/mol. The molecule has 2 amide bonds. The molecule has 20 heavy (non-hydrogen) atoms. The van der Waals surface area contributed by atoms with E-state index < -0.39 is 0 Å². The Balaban J connectivity index is 2.45. The Morgan fingerprint density at radius 2 is 2.15 bits per heavy atom. The van der Waals surface area contributed by atoms with Crippen molar-refractivity contribution < 1.29 is 9.53 Å². The maximum Gasteiger partial charge on any atom is 0.317 e. The summed E-state index contributed by atoms with van der Waals surface area (Å²) in [7, 11) is 3.51. The van der Waals surface area contributed by atoms with E-state index in [4.69, 9.17) is 4.74 Å². The van der Waals surface area contributed by atoms with Crippen LogP contribution in [0.3, 0.4) is 0 Å². The first-order valence-electron chi connectivity index (χ1n) is 6.85. The summed E-state index contributed by atoms with van der Waals surface area (Å²) in [6, 6.07) is 4.18. The highest BCUT2D eigenvalue weighted by Crippen LogP contribution is 2.17. The van der Waals surface area contributed by atoms with E-state index in [9.17, 15) is 4.79 Å². The Hall–Kier alpha value is -1.07. The van der Waals surface area contributed by atoms with Crippen molar-refractivity contribution in [1.29, 1.82) is 0 Å². The summed E-state index contributed by atoms with van der Waals surface area (Å²) in [4.78, 5) is 16.3. The van der Waals surface area contributed by atoms with E-state index in [0.717, 1.165) is 6.42 Å². The van der Waals surface area contributed by atoms with E-state index in [1.807, 2.05) is 27.8 Å². The van der Waals surface area contributed by atoms with Crippen molar-refractivity contribution in [3.05, 3.63) is 21.9 Å². The molecule has 0 saturated heterocycles. The molecule has 114 valence electrons. The molecular formula is C15H26N2O2S. The second-order valence-electron chi connectivity index (χ2n) is 5.89. The molecule has 0 fully saturated rings. The molecule has 0 spiro atoms. The summed E-state index contributed by atoms with van der Waals surface area (Å²) in [5.74, 6) is 0. The number of hydrogen-bond donors (Lipinski definition) is 1. The van der Waals surface area contributed by atoms with Crippen LogP contribution >= 0.6 is 11.3 Å². The molecule has 0 saturated carbocycles. The fourth-order valence-corrected chi connectivity index (χ4v) is 3.01. The molecule has 1 heterocycles. The highest BCUT2D eigenvalue weighted by atomic mass is 32.1. The van der Waals surface area contributed by atoms with Crippen molar-refractivity contribution in [2.75, 3.05) is 14.2 Å². The van der Waals surface area contributed by atoms with Gasteiger partial charge in [-0.25, -0.2) is 4.79 Å². The largest absolute Gasteiger partial charge is 0.379 e. The van der Waals surface area contributed by atoms with E-state index >= 15 is 0 Å². The van der Waals surface area contributed by atoms with Crippen LogP contribution in [0.2, 0.25) is 0 Å².